The summed E-state index contributed by atoms with van der Waals surface area (Å²) < 4.78 is 26.4. The molecule has 6 heteroatoms. The first-order valence-corrected chi connectivity index (χ1v) is 7.77. The van der Waals surface area contributed by atoms with Gasteiger partial charge in [0.2, 0.25) is 0 Å². The summed E-state index contributed by atoms with van der Waals surface area (Å²) in [7, 11) is -0.528. The van der Waals surface area contributed by atoms with Crippen LogP contribution in [-0.4, -0.2) is 30.9 Å². The summed E-state index contributed by atoms with van der Waals surface area (Å²) in [6.45, 7) is 8.72. The van der Waals surface area contributed by atoms with Gasteiger partial charge in [-0.25, -0.2) is 4.39 Å². The molecule has 0 bridgehead atoms. The Hall–Kier alpha value is -0.775. The number of benzene rings is 1. The smallest absolute Gasteiger partial charge is 0.399 e. The van der Waals surface area contributed by atoms with Gasteiger partial charge in [0.25, 0.3) is 0 Å². The molecule has 2 heterocycles. The first-order valence-electron chi connectivity index (χ1n) is 7.24. The Morgan fingerprint density at radius 1 is 1.24 bits per heavy atom. The Morgan fingerprint density at radius 2 is 1.86 bits per heavy atom. The monoisotopic (exact) mass is 311 g/mol. The summed E-state index contributed by atoms with van der Waals surface area (Å²) in [6, 6.07) is 3.79. The van der Waals surface area contributed by atoms with Crippen LogP contribution in [0.3, 0.4) is 0 Å². The van der Waals surface area contributed by atoms with Gasteiger partial charge in [-0.2, -0.15) is 0 Å². The Morgan fingerprint density at radius 3 is 2.43 bits per heavy atom. The second-order valence-electron chi connectivity index (χ2n) is 6.73. The molecule has 0 N–H and O–H groups in total. The zero-order valence-electron chi connectivity index (χ0n) is 12.9. The third kappa shape index (κ3) is 2.35. The molecule has 1 fully saturated rings. The van der Waals surface area contributed by atoms with Gasteiger partial charge in [-0.3, -0.25) is 0 Å². The van der Waals surface area contributed by atoms with Gasteiger partial charge in [0, 0.05) is 6.54 Å². The average molecular weight is 312 g/mol. The van der Waals surface area contributed by atoms with Crippen LogP contribution in [0.4, 0.5) is 10.1 Å². The minimum Gasteiger partial charge on any atom is -0.399 e. The summed E-state index contributed by atoms with van der Waals surface area (Å²) in [6.07, 6.45) is 0.798. The Kier molecular flexibility index (Phi) is 3.51. The van der Waals surface area contributed by atoms with Crippen LogP contribution in [0.1, 0.15) is 33.3 Å². The lowest BCUT2D eigenvalue weighted by Gasteiger charge is -2.32. The molecule has 1 aromatic carbocycles. The number of fused-ring (bicyclic) bond motifs is 1. The lowest BCUT2D eigenvalue weighted by atomic mass is 9.78. The molecule has 0 aromatic heterocycles. The Bertz CT molecular complexity index is 563. The van der Waals surface area contributed by atoms with Crippen LogP contribution in [-0.2, 0) is 15.7 Å². The third-order valence-corrected chi connectivity index (χ3v) is 5.09. The van der Waals surface area contributed by atoms with E-state index in [1.54, 1.807) is 0 Å². The van der Waals surface area contributed by atoms with E-state index in [1.807, 2.05) is 38.7 Å². The van der Waals surface area contributed by atoms with E-state index in [9.17, 15) is 4.39 Å². The predicted molar refractivity (Wildman–Crippen MR) is 83.9 cm³/mol. The van der Waals surface area contributed by atoms with Gasteiger partial charge in [0.05, 0.1) is 22.9 Å². The van der Waals surface area contributed by atoms with E-state index >= 15 is 0 Å². The van der Waals surface area contributed by atoms with Crippen molar-refractivity contribution in [3.63, 3.8) is 0 Å². The normalized spacial score (nSPS) is 22.8. The minimum absolute atomic E-state index is 0.254. The number of nitrogens with zero attached hydrogens (tertiary/aromatic N) is 1. The number of anilines is 1. The first-order chi connectivity index (χ1) is 9.75. The van der Waals surface area contributed by atoms with Gasteiger partial charge in [0.15, 0.2) is 0 Å². The molecule has 0 spiro atoms. The highest BCUT2D eigenvalue weighted by atomic mass is 35.5. The van der Waals surface area contributed by atoms with E-state index in [-0.39, 0.29) is 5.82 Å². The SMILES string of the molecule is CC1(C)OB(c2cc(F)c3c(c2)CCN3CCl)OC1(C)C. The Labute approximate surface area is 130 Å². The zero-order valence-corrected chi connectivity index (χ0v) is 13.6. The first kappa shape index (κ1) is 15.1. The molecule has 1 saturated heterocycles. The quantitative estimate of drug-likeness (QED) is 0.476. The van der Waals surface area contributed by atoms with Crippen molar-refractivity contribution >= 4 is 29.9 Å². The van der Waals surface area contributed by atoms with Crippen molar-refractivity contribution in [1.82, 2.24) is 0 Å². The van der Waals surface area contributed by atoms with Crippen molar-refractivity contribution in [2.75, 3.05) is 17.4 Å². The fourth-order valence-electron chi connectivity index (χ4n) is 2.83. The fourth-order valence-corrected chi connectivity index (χ4v) is 3.06. The molecule has 0 saturated carbocycles. The van der Waals surface area contributed by atoms with Crippen LogP contribution >= 0.6 is 11.6 Å². The van der Waals surface area contributed by atoms with Crippen LogP contribution in [0.25, 0.3) is 0 Å². The van der Waals surface area contributed by atoms with E-state index in [0.29, 0.717) is 11.7 Å². The maximum absolute atomic E-state index is 14.4. The van der Waals surface area contributed by atoms with E-state index in [4.69, 9.17) is 20.9 Å². The summed E-state index contributed by atoms with van der Waals surface area (Å²) >= 11 is 5.86. The van der Waals surface area contributed by atoms with Crippen molar-refractivity contribution in [3.05, 3.63) is 23.5 Å². The summed E-state index contributed by atoms with van der Waals surface area (Å²) in [5.41, 5.74) is 1.48. The summed E-state index contributed by atoms with van der Waals surface area (Å²) in [4.78, 5) is 1.85. The number of rotatable bonds is 2. The van der Waals surface area contributed by atoms with Crippen LogP contribution in [0.15, 0.2) is 12.1 Å². The second-order valence-corrected chi connectivity index (χ2v) is 6.97. The van der Waals surface area contributed by atoms with Crippen molar-refractivity contribution < 1.29 is 13.7 Å². The van der Waals surface area contributed by atoms with Crippen LogP contribution in [0, 0.1) is 5.82 Å². The van der Waals surface area contributed by atoms with E-state index in [1.165, 1.54) is 6.07 Å². The van der Waals surface area contributed by atoms with Crippen molar-refractivity contribution in [2.24, 2.45) is 0 Å². The third-order valence-electron chi connectivity index (χ3n) is 4.80. The van der Waals surface area contributed by atoms with E-state index in [2.05, 4.69) is 0 Å². The van der Waals surface area contributed by atoms with E-state index in [0.717, 1.165) is 24.0 Å². The molecule has 0 aliphatic carbocycles. The number of hydrogen-bond acceptors (Lipinski definition) is 3. The topological polar surface area (TPSA) is 21.7 Å². The minimum atomic E-state index is -0.528. The molecule has 21 heavy (non-hydrogen) atoms. The van der Waals surface area contributed by atoms with Crippen molar-refractivity contribution in [1.29, 1.82) is 0 Å². The second kappa shape index (κ2) is 4.87. The molecule has 1 aromatic rings. The molecule has 0 atom stereocenters. The van der Waals surface area contributed by atoms with E-state index < -0.39 is 18.3 Å². The van der Waals surface area contributed by atoms with Gasteiger partial charge < -0.3 is 14.2 Å². The lowest BCUT2D eigenvalue weighted by Crippen LogP contribution is -2.41. The lowest BCUT2D eigenvalue weighted by molar-refractivity contribution is 0.00578. The number of alkyl halides is 1. The summed E-state index contributed by atoms with van der Waals surface area (Å²) in [5, 5.41) is 0. The van der Waals surface area contributed by atoms with Gasteiger partial charge in [-0.1, -0.05) is 6.07 Å². The molecule has 0 unspecified atom stereocenters. The van der Waals surface area contributed by atoms with Crippen LogP contribution in [0.2, 0.25) is 0 Å². The highest BCUT2D eigenvalue weighted by molar-refractivity contribution is 6.62. The molecular formula is C15H20BClFNO2. The van der Waals surface area contributed by atoms with Gasteiger partial charge in [0.1, 0.15) is 5.82 Å². The van der Waals surface area contributed by atoms with Gasteiger partial charge >= 0.3 is 7.12 Å². The largest absolute Gasteiger partial charge is 0.494 e. The highest BCUT2D eigenvalue weighted by Gasteiger charge is 2.52. The maximum Gasteiger partial charge on any atom is 0.494 e. The standard InChI is InChI=1S/C15H20BClFNO2/c1-14(2)15(3,4)21-16(20-14)11-7-10-5-6-19(9-17)13(10)12(18)8-11/h7-8H,5-6,9H2,1-4H3. The van der Waals surface area contributed by atoms with Crippen LogP contribution < -0.4 is 10.4 Å². The maximum atomic E-state index is 14.4. The Balaban J connectivity index is 1.94. The zero-order chi connectivity index (χ0) is 15.4. The van der Waals surface area contributed by atoms with Gasteiger partial charge in [-0.15, -0.1) is 11.6 Å². The number of halogens is 2. The number of hydrogen-bond donors (Lipinski definition) is 0. The molecule has 0 radical (unpaired) electrons. The molecular weight excluding hydrogens is 291 g/mol. The van der Waals surface area contributed by atoms with Crippen LogP contribution in [0.5, 0.6) is 0 Å². The van der Waals surface area contributed by atoms with Crippen molar-refractivity contribution in [3.8, 4) is 0 Å². The molecule has 2 aliphatic rings. The fraction of sp³-hybridized carbons (Fsp3) is 0.600. The summed E-state index contributed by atoms with van der Waals surface area (Å²) in [5.74, 6) is -0.254. The highest BCUT2D eigenvalue weighted by Crippen LogP contribution is 2.37. The molecule has 0 amide bonds. The average Bonchev–Trinajstić information content (AvgIpc) is 2.88. The molecule has 3 nitrogen and oxygen atoms in total. The molecule has 3 rings (SSSR count). The van der Waals surface area contributed by atoms with Crippen molar-refractivity contribution in [2.45, 2.75) is 45.3 Å². The molecule has 114 valence electrons. The predicted octanol–water partition coefficient (Wildman–Crippen LogP) is 2.68. The van der Waals surface area contributed by atoms with Gasteiger partial charge in [-0.05, 0) is 51.2 Å². The molecule has 2 aliphatic heterocycles.